The molecule has 0 radical (unpaired) electrons. The highest BCUT2D eigenvalue weighted by Gasteiger charge is 2.16. The molecule has 0 fully saturated rings. The number of sulfonamides is 1. The topological polar surface area (TPSA) is 72.2 Å². The molecule has 0 unspecified atom stereocenters. The molecule has 1 aromatic carbocycles. The number of aryl methyl sites for hydroxylation is 2. The van der Waals surface area contributed by atoms with Gasteiger partial charge in [0, 0.05) is 0 Å². The monoisotopic (exact) mass is 258 g/mol. The van der Waals surface area contributed by atoms with Crippen molar-refractivity contribution >= 4 is 27.2 Å². The van der Waals surface area contributed by atoms with Gasteiger partial charge in [0.15, 0.2) is 0 Å². The van der Waals surface area contributed by atoms with E-state index >= 15 is 0 Å². The van der Waals surface area contributed by atoms with E-state index < -0.39 is 10.0 Å². The van der Waals surface area contributed by atoms with Crippen molar-refractivity contribution in [1.29, 1.82) is 0 Å². The summed E-state index contributed by atoms with van der Waals surface area (Å²) in [4.78, 5) is 0.377. The fourth-order valence-corrected chi connectivity index (χ4v) is 2.74. The van der Waals surface area contributed by atoms with Gasteiger partial charge in [0.2, 0.25) is 10.0 Å². The van der Waals surface area contributed by atoms with Gasteiger partial charge in [-0.15, -0.1) is 0 Å². The molecule has 0 spiro atoms. The van der Waals surface area contributed by atoms with E-state index in [1.54, 1.807) is 19.1 Å². The Kier molecular flexibility index (Phi) is 4.01. The Morgan fingerprint density at radius 2 is 2.06 bits per heavy atom. The van der Waals surface area contributed by atoms with Crippen LogP contribution in [0.25, 0.3) is 0 Å². The van der Waals surface area contributed by atoms with Gasteiger partial charge >= 0.3 is 0 Å². The molecule has 0 saturated heterocycles. The first-order chi connectivity index (χ1) is 7.33. The van der Waals surface area contributed by atoms with Gasteiger partial charge in [-0.25, -0.2) is 13.1 Å². The lowest BCUT2D eigenvalue weighted by molar-refractivity contribution is 0.586. The second kappa shape index (κ2) is 4.90. The lowest BCUT2D eigenvalue weighted by Crippen LogP contribution is -2.32. The number of nitrogens with one attached hydrogen (secondary N) is 1. The van der Waals surface area contributed by atoms with Gasteiger partial charge in [-0.05, 0) is 25.5 Å². The molecule has 0 aliphatic rings. The quantitative estimate of drug-likeness (QED) is 0.786. The van der Waals surface area contributed by atoms with Crippen molar-refractivity contribution in [1.82, 2.24) is 4.72 Å². The first kappa shape index (κ1) is 13.1. The smallest absolute Gasteiger partial charge is 0.241 e. The van der Waals surface area contributed by atoms with Crippen LogP contribution in [-0.4, -0.2) is 20.0 Å². The third kappa shape index (κ3) is 3.26. The molecule has 6 heteroatoms. The molecule has 3 N–H and O–H groups in total. The summed E-state index contributed by atoms with van der Waals surface area (Å²) in [6, 6.07) is 5.14. The summed E-state index contributed by atoms with van der Waals surface area (Å²) in [6.45, 7) is 3.64. The lowest BCUT2D eigenvalue weighted by Gasteiger charge is -2.09. The summed E-state index contributed by atoms with van der Waals surface area (Å²) in [5.74, 6) is 0. The summed E-state index contributed by atoms with van der Waals surface area (Å²) in [7, 11) is -3.52. The molecule has 16 heavy (non-hydrogen) atoms. The minimum absolute atomic E-state index is 0.0228. The number of rotatable bonds is 4. The van der Waals surface area contributed by atoms with Crippen molar-refractivity contribution in [2.24, 2.45) is 5.73 Å². The van der Waals surface area contributed by atoms with Crippen LogP contribution in [0.5, 0.6) is 0 Å². The van der Waals surface area contributed by atoms with Crippen LogP contribution >= 0.6 is 12.2 Å². The number of thiocarbonyl (C=S) groups is 1. The molecule has 0 heterocycles. The van der Waals surface area contributed by atoms with Crippen molar-refractivity contribution in [3.63, 3.8) is 0 Å². The third-order valence-corrected chi connectivity index (χ3v) is 3.76. The average Bonchev–Trinajstić information content (AvgIpc) is 2.14. The SMILES string of the molecule is Cc1ccc(S(=O)(=O)NCC(N)=S)c(C)c1. The Morgan fingerprint density at radius 1 is 1.44 bits per heavy atom. The van der Waals surface area contributed by atoms with Gasteiger partial charge in [-0.1, -0.05) is 29.9 Å². The Morgan fingerprint density at radius 3 is 2.56 bits per heavy atom. The predicted molar refractivity (Wildman–Crippen MR) is 67.9 cm³/mol. The molecule has 1 rings (SSSR count). The zero-order valence-corrected chi connectivity index (χ0v) is 10.8. The zero-order valence-electron chi connectivity index (χ0n) is 9.15. The molecule has 0 saturated carbocycles. The summed E-state index contributed by atoms with van der Waals surface area (Å²) in [6.07, 6.45) is 0. The maximum Gasteiger partial charge on any atom is 0.241 e. The molecule has 88 valence electrons. The Hall–Kier alpha value is -0.980. The average molecular weight is 258 g/mol. The van der Waals surface area contributed by atoms with E-state index in [0.29, 0.717) is 5.56 Å². The number of hydrogen-bond acceptors (Lipinski definition) is 3. The highest BCUT2D eigenvalue weighted by molar-refractivity contribution is 7.89. The van der Waals surface area contributed by atoms with Gasteiger partial charge in [-0.2, -0.15) is 0 Å². The first-order valence-corrected chi connectivity index (χ1v) is 6.57. The molecular formula is C10H14N2O2S2. The molecule has 0 amide bonds. The molecule has 0 aliphatic carbocycles. The lowest BCUT2D eigenvalue weighted by atomic mass is 10.2. The number of nitrogens with two attached hydrogens (primary N) is 1. The van der Waals surface area contributed by atoms with E-state index in [1.165, 1.54) is 0 Å². The molecule has 1 aromatic rings. The fourth-order valence-electron chi connectivity index (χ4n) is 1.34. The Balaban J connectivity index is 3.03. The molecule has 0 aliphatic heterocycles. The number of hydrogen-bond donors (Lipinski definition) is 2. The molecule has 0 bridgehead atoms. The molecule has 4 nitrogen and oxygen atoms in total. The van der Waals surface area contributed by atoms with Crippen LogP contribution in [0, 0.1) is 13.8 Å². The van der Waals surface area contributed by atoms with Crippen molar-refractivity contribution in [2.45, 2.75) is 18.7 Å². The minimum atomic E-state index is -3.52. The zero-order chi connectivity index (χ0) is 12.3. The maximum atomic E-state index is 11.8. The summed E-state index contributed by atoms with van der Waals surface area (Å²) in [5.41, 5.74) is 6.97. The normalized spacial score (nSPS) is 11.4. The highest BCUT2D eigenvalue weighted by Crippen LogP contribution is 2.15. The van der Waals surface area contributed by atoms with Gasteiger partial charge in [0.1, 0.15) is 0 Å². The summed E-state index contributed by atoms with van der Waals surface area (Å²) >= 11 is 4.62. The minimum Gasteiger partial charge on any atom is -0.392 e. The van der Waals surface area contributed by atoms with Crippen molar-refractivity contribution in [2.75, 3.05) is 6.54 Å². The van der Waals surface area contributed by atoms with E-state index in [-0.39, 0.29) is 16.4 Å². The van der Waals surface area contributed by atoms with Gasteiger partial charge in [0.25, 0.3) is 0 Å². The first-order valence-electron chi connectivity index (χ1n) is 4.68. The largest absolute Gasteiger partial charge is 0.392 e. The second-order valence-electron chi connectivity index (χ2n) is 3.56. The van der Waals surface area contributed by atoms with Crippen LogP contribution in [0.3, 0.4) is 0 Å². The van der Waals surface area contributed by atoms with Crippen molar-refractivity contribution in [3.05, 3.63) is 29.3 Å². The van der Waals surface area contributed by atoms with E-state index in [2.05, 4.69) is 16.9 Å². The second-order valence-corrected chi connectivity index (χ2v) is 5.82. The fraction of sp³-hybridized carbons (Fsp3) is 0.300. The Bertz CT molecular complexity index is 510. The van der Waals surface area contributed by atoms with E-state index in [9.17, 15) is 8.42 Å². The van der Waals surface area contributed by atoms with Crippen LogP contribution in [0.1, 0.15) is 11.1 Å². The number of benzene rings is 1. The van der Waals surface area contributed by atoms with E-state index in [4.69, 9.17) is 5.73 Å². The Labute approximate surface area is 101 Å². The van der Waals surface area contributed by atoms with Crippen LogP contribution in [0.15, 0.2) is 23.1 Å². The van der Waals surface area contributed by atoms with Crippen LogP contribution < -0.4 is 10.5 Å². The standard InChI is InChI=1S/C10H14N2O2S2/c1-7-3-4-9(8(2)5-7)16(13,14)12-6-10(11)15/h3-5,12H,6H2,1-2H3,(H2,11,15). The summed E-state index contributed by atoms with van der Waals surface area (Å²) < 4.78 is 26.0. The van der Waals surface area contributed by atoms with Gasteiger partial charge < -0.3 is 5.73 Å². The van der Waals surface area contributed by atoms with Crippen LogP contribution in [0.4, 0.5) is 0 Å². The predicted octanol–water partition coefficient (Wildman–Crippen LogP) is 0.868. The van der Waals surface area contributed by atoms with Crippen LogP contribution in [0.2, 0.25) is 0 Å². The van der Waals surface area contributed by atoms with Gasteiger partial charge in [0.05, 0.1) is 16.4 Å². The third-order valence-electron chi connectivity index (χ3n) is 2.06. The van der Waals surface area contributed by atoms with E-state index in [0.717, 1.165) is 5.56 Å². The maximum absolute atomic E-state index is 11.8. The van der Waals surface area contributed by atoms with Crippen molar-refractivity contribution < 1.29 is 8.42 Å². The molecule has 0 atom stereocenters. The van der Waals surface area contributed by atoms with Crippen LogP contribution in [-0.2, 0) is 10.0 Å². The highest BCUT2D eigenvalue weighted by atomic mass is 32.2. The molecular weight excluding hydrogens is 244 g/mol. The van der Waals surface area contributed by atoms with Crippen molar-refractivity contribution in [3.8, 4) is 0 Å². The summed E-state index contributed by atoms with van der Waals surface area (Å²) in [5, 5.41) is 0. The van der Waals surface area contributed by atoms with E-state index in [1.807, 2.05) is 13.0 Å². The molecule has 0 aromatic heterocycles. The van der Waals surface area contributed by atoms with Gasteiger partial charge in [-0.3, -0.25) is 0 Å².